The summed E-state index contributed by atoms with van der Waals surface area (Å²) in [5.74, 6) is -0.353. The van der Waals surface area contributed by atoms with Gasteiger partial charge in [0, 0.05) is 5.69 Å². The molecular weight excluding hydrogens is 358 g/mol. The number of esters is 1. The van der Waals surface area contributed by atoms with Crippen molar-refractivity contribution in [3.63, 3.8) is 0 Å². The summed E-state index contributed by atoms with van der Waals surface area (Å²) in [5, 5.41) is 13.0. The van der Waals surface area contributed by atoms with Gasteiger partial charge < -0.3 is 20.9 Å². The first kappa shape index (κ1) is 19.1. The van der Waals surface area contributed by atoms with Crippen LogP contribution in [0.2, 0.25) is 0 Å². The first-order valence-electron chi connectivity index (χ1n) is 8.78. The van der Waals surface area contributed by atoms with Crippen LogP contribution in [0.5, 0.6) is 5.75 Å². The largest absolute Gasteiger partial charge is 0.507 e. The molecule has 0 aliphatic carbocycles. The number of nitrogens with two attached hydrogens (primary N) is 1. The normalized spacial score (nSPS) is 10.5. The van der Waals surface area contributed by atoms with E-state index in [9.17, 15) is 9.90 Å². The van der Waals surface area contributed by atoms with E-state index in [1.807, 2.05) is 38.1 Å². The minimum Gasteiger partial charge on any atom is -0.507 e. The molecule has 3 aromatic rings. The zero-order chi connectivity index (χ0) is 20.1. The molecule has 0 saturated carbocycles. The fraction of sp³-hybridized carbons (Fsp3) is 0.200. The smallest absolute Gasteiger partial charge is 0.342 e. The number of benzene rings is 2. The minimum atomic E-state index is -0.675. The number of ether oxygens (including phenoxy) is 1. The fourth-order valence-corrected chi connectivity index (χ4v) is 2.65. The number of hydrogen-bond acceptors (Lipinski definition) is 8. The molecule has 0 aliphatic rings. The number of nitrogens with zero attached hydrogens (tertiary/aromatic N) is 3. The Balaban J connectivity index is 1.74. The third-order valence-electron chi connectivity index (χ3n) is 4.05. The average Bonchev–Trinajstić information content (AvgIpc) is 2.68. The SMILES string of the molecule is CCc1ccccc1Nc1nc(N)nc(COC(=O)c2cc(C)ccc2O)n1. The van der Waals surface area contributed by atoms with Gasteiger partial charge in [-0.1, -0.05) is 36.8 Å². The zero-order valence-electron chi connectivity index (χ0n) is 15.6. The van der Waals surface area contributed by atoms with Crippen LogP contribution < -0.4 is 11.1 Å². The van der Waals surface area contributed by atoms with Crippen LogP contribution in [0.1, 0.15) is 34.2 Å². The summed E-state index contributed by atoms with van der Waals surface area (Å²) < 4.78 is 5.22. The number of aromatic nitrogens is 3. The van der Waals surface area contributed by atoms with Crippen molar-refractivity contribution in [3.05, 3.63) is 65.0 Å². The first-order chi connectivity index (χ1) is 13.5. The highest BCUT2D eigenvalue weighted by atomic mass is 16.5. The molecule has 1 aromatic heterocycles. The lowest BCUT2D eigenvalue weighted by atomic mass is 10.1. The second kappa shape index (κ2) is 8.34. The van der Waals surface area contributed by atoms with E-state index in [1.54, 1.807) is 12.1 Å². The molecule has 4 N–H and O–H groups in total. The average molecular weight is 379 g/mol. The monoisotopic (exact) mass is 379 g/mol. The third kappa shape index (κ3) is 4.53. The summed E-state index contributed by atoms with van der Waals surface area (Å²) in [4.78, 5) is 24.6. The van der Waals surface area contributed by atoms with E-state index in [2.05, 4.69) is 20.3 Å². The van der Waals surface area contributed by atoms with Gasteiger partial charge in [0.05, 0.1) is 0 Å². The molecule has 0 amide bonds. The number of carbonyl (C=O) groups excluding carboxylic acids is 1. The predicted molar refractivity (Wildman–Crippen MR) is 105 cm³/mol. The first-order valence-corrected chi connectivity index (χ1v) is 8.78. The number of carbonyl (C=O) groups is 1. The molecule has 0 saturated heterocycles. The van der Waals surface area contributed by atoms with E-state index in [0.717, 1.165) is 23.2 Å². The van der Waals surface area contributed by atoms with Crippen LogP contribution in [0.15, 0.2) is 42.5 Å². The molecule has 8 nitrogen and oxygen atoms in total. The molecule has 144 valence electrons. The number of para-hydroxylation sites is 1. The number of phenols is 1. The van der Waals surface area contributed by atoms with Crippen LogP contribution in [0, 0.1) is 6.92 Å². The van der Waals surface area contributed by atoms with Gasteiger partial charge >= 0.3 is 5.97 Å². The van der Waals surface area contributed by atoms with E-state index in [4.69, 9.17) is 10.5 Å². The maximum atomic E-state index is 12.2. The molecule has 0 aliphatic heterocycles. The van der Waals surface area contributed by atoms with Crippen molar-refractivity contribution >= 4 is 23.6 Å². The molecule has 0 spiro atoms. The van der Waals surface area contributed by atoms with Crippen molar-refractivity contribution in [2.45, 2.75) is 26.9 Å². The van der Waals surface area contributed by atoms with Crippen molar-refractivity contribution in [2.24, 2.45) is 0 Å². The second-order valence-corrected chi connectivity index (χ2v) is 6.17. The van der Waals surface area contributed by atoms with Gasteiger partial charge in [0.1, 0.15) is 11.3 Å². The van der Waals surface area contributed by atoms with E-state index < -0.39 is 5.97 Å². The minimum absolute atomic E-state index is 0.0101. The Morgan fingerprint density at radius 3 is 2.75 bits per heavy atom. The Bertz CT molecular complexity index is 1010. The lowest BCUT2D eigenvalue weighted by Crippen LogP contribution is -2.11. The highest BCUT2D eigenvalue weighted by Crippen LogP contribution is 2.21. The molecule has 3 rings (SSSR count). The Morgan fingerprint density at radius 1 is 1.18 bits per heavy atom. The second-order valence-electron chi connectivity index (χ2n) is 6.17. The van der Waals surface area contributed by atoms with Gasteiger partial charge in [-0.05, 0) is 37.1 Å². The van der Waals surface area contributed by atoms with Gasteiger partial charge in [-0.3, -0.25) is 0 Å². The Morgan fingerprint density at radius 2 is 1.96 bits per heavy atom. The number of anilines is 3. The van der Waals surface area contributed by atoms with Crippen molar-refractivity contribution in [2.75, 3.05) is 11.1 Å². The van der Waals surface area contributed by atoms with Gasteiger partial charge in [0.25, 0.3) is 0 Å². The van der Waals surface area contributed by atoms with Crippen LogP contribution in [0.3, 0.4) is 0 Å². The molecule has 1 heterocycles. The van der Waals surface area contributed by atoms with Crippen LogP contribution in [-0.2, 0) is 17.8 Å². The molecule has 0 atom stereocenters. The number of rotatable bonds is 6. The van der Waals surface area contributed by atoms with Crippen LogP contribution in [0.4, 0.5) is 17.6 Å². The highest BCUT2D eigenvalue weighted by Gasteiger charge is 2.15. The number of phenolic OH excluding ortho intramolecular Hbond substituents is 1. The summed E-state index contributed by atoms with van der Waals surface area (Å²) in [6.45, 7) is 3.66. The number of aromatic hydroxyl groups is 1. The summed E-state index contributed by atoms with van der Waals surface area (Å²) in [6.07, 6.45) is 0.841. The molecule has 0 fully saturated rings. The highest BCUT2D eigenvalue weighted by molar-refractivity contribution is 5.92. The fourth-order valence-electron chi connectivity index (χ4n) is 2.65. The summed E-state index contributed by atoms with van der Waals surface area (Å²) in [7, 11) is 0. The lowest BCUT2D eigenvalue weighted by Gasteiger charge is -2.11. The van der Waals surface area contributed by atoms with Crippen molar-refractivity contribution in [1.29, 1.82) is 0 Å². The predicted octanol–water partition coefficient (Wildman–Crippen LogP) is 3.13. The van der Waals surface area contributed by atoms with Gasteiger partial charge in [-0.2, -0.15) is 15.0 Å². The third-order valence-corrected chi connectivity index (χ3v) is 4.05. The van der Waals surface area contributed by atoms with Crippen LogP contribution >= 0.6 is 0 Å². The van der Waals surface area contributed by atoms with Gasteiger partial charge in [0.2, 0.25) is 11.9 Å². The van der Waals surface area contributed by atoms with E-state index >= 15 is 0 Å². The van der Waals surface area contributed by atoms with Crippen molar-refractivity contribution < 1.29 is 14.6 Å². The Labute approximate surface area is 162 Å². The standard InChI is InChI=1S/C20H21N5O3/c1-3-13-6-4-5-7-15(13)22-20-24-17(23-19(21)25-20)11-28-18(27)14-10-12(2)8-9-16(14)26/h4-10,26H,3,11H2,1-2H3,(H3,21,22,23,24,25). The maximum absolute atomic E-state index is 12.2. The molecular formula is C20H21N5O3. The molecule has 0 bridgehead atoms. The summed E-state index contributed by atoms with van der Waals surface area (Å²) in [5.41, 5.74) is 8.64. The van der Waals surface area contributed by atoms with E-state index in [1.165, 1.54) is 6.07 Å². The van der Waals surface area contributed by atoms with Gasteiger partial charge in [-0.25, -0.2) is 4.79 Å². The topological polar surface area (TPSA) is 123 Å². The summed E-state index contributed by atoms with van der Waals surface area (Å²) in [6, 6.07) is 12.5. The maximum Gasteiger partial charge on any atom is 0.342 e. The van der Waals surface area contributed by atoms with Crippen molar-refractivity contribution in [3.8, 4) is 5.75 Å². The van der Waals surface area contributed by atoms with Crippen molar-refractivity contribution in [1.82, 2.24) is 15.0 Å². The lowest BCUT2D eigenvalue weighted by molar-refractivity contribution is 0.0458. The zero-order valence-corrected chi connectivity index (χ0v) is 15.6. The number of aryl methyl sites for hydroxylation is 2. The number of nitrogen functional groups attached to an aromatic ring is 1. The molecule has 0 radical (unpaired) electrons. The Hall–Kier alpha value is -3.68. The summed E-state index contributed by atoms with van der Waals surface area (Å²) >= 11 is 0. The molecule has 0 unspecified atom stereocenters. The van der Waals surface area contributed by atoms with Crippen LogP contribution in [-0.4, -0.2) is 26.0 Å². The van der Waals surface area contributed by atoms with E-state index in [0.29, 0.717) is 0 Å². The van der Waals surface area contributed by atoms with E-state index in [-0.39, 0.29) is 35.6 Å². The van der Waals surface area contributed by atoms with Gasteiger partial charge in [-0.15, -0.1) is 0 Å². The number of hydrogen-bond donors (Lipinski definition) is 3. The number of nitrogens with one attached hydrogen (secondary N) is 1. The van der Waals surface area contributed by atoms with Crippen LogP contribution in [0.25, 0.3) is 0 Å². The Kier molecular flexibility index (Phi) is 5.69. The molecule has 28 heavy (non-hydrogen) atoms. The molecule has 2 aromatic carbocycles. The quantitative estimate of drug-likeness (QED) is 0.558. The van der Waals surface area contributed by atoms with Gasteiger partial charge in [0.15, 0.2) is 12.4 Å². The molecule has 8 heteroatoms.